The zero-order valence-electron chi connectivity index (χ0n) is 14.2. The second-order valence-corrected chi connectivity index (χ2v) is 7.93. The Labute approximate surface area is 161 Å². The van der Waals surface area contributed by atoms with Crippen LogP contribution in [-0.4, -0.2) is 16.5 Å². The number of rotatable bonds is 4. The first-order valence-corrected chi connectivity index (χ1v) is 9.59. The van der Waals surface area contributed by atoms with Gasteiger partial charge in [-0.05, 0) is 62.2 Å². The Morgan fingerprint density at radius 2 is 1.80 bits per heavy atom. The molecule has 5 heteroatoms. The lowest BCUT2D eigenvalue weighted by Crippen LogP contribution is -2.03. The molecule has 0 spiro atoms. The van der Waals surface area contributed by atoms with Gasteiger partial charge in [-0.2, -0.15) is 0 Å². The van der Waals surface area contributed by atoms with Crippen LogP contribution in [0.15, 0.2) is 41.4 Å². The number of hydrogen-bond donors (Lipinski definition) is 0. The summed E-state index contributed by atoms with van der Waals surface area (Å²) >= 11 is 13.4. The average molecular weight is 390 g/mol. The van der Waals surface area contributed by atoms with Gasteiger partial charge in [-0.3, -0.25) is 4.79 Å². The number of carbonyl (C=O) groups is 1. The number of halogens is 2. The highest BCUT2D eigenvalue weighted by molar-refractivity contribution is 7.99. The van der Waals surface area contributed by atoms with E-state index >= 15 is 0 Å². The summed E-state index contributed by atoms with van der Waals surface area (Å²) in [5.74, 6) is 0.247. The number of hydrogen-bond acceptors (Lipinski definition) is 3. The second-order valence-electron chi connectivity index (χ2n) is 6.09. The van der Waals surface area contributed by atoms with Gasteiger partial charge in [0.05, 0.1) is 21.3 Å². The molecule has 0 saturated carbocycles. The maximum Gasteiger partial charge on any atom is 0.174 e. The van der Waals surface area contributed by atoms with Crippen molar-refractivity contribution in [3.63, 3.8) is 0 Å². The van der Waals surface area contributed by atoms with Crippen molar-refractivity contribution in [2.75, 3.05) is 5.75 Å². The number of benzene rings is 2. The highest BCUT2D eigenvalue weighted by Crippen LogP contribution is 2.28. The van der Waals surface area contributed by atoms with E-state index in [0.717, 1.165) is 27.1 Å². The molecule has 0 aliphatic heterocycles. The quantitative estimate of drug-likeness (QED) is 0.379. The Hall–Kier alpha value is -1.55. The van der Waals surface area contributed by atoms with E-state index in [9.17, 15) is 4.79 Å². The third kappa shape index (κ3) is 4.00. The average Bonchev–Trinajstić information content (AvgIpc) is 2.53. The molecule has 0 atom stereocenters. The molecule has 0 unspecified atom stereocenters. The van der Waals surface area contributed by atoms with E-state index in [1.165, 1.54) is 17.3 Å². The maximum absolute atomic E-state index is 12.4. The van der Waals surface area contributed by atoms with Gasteiger partial charge in [0, 0.05) is 16.0 Å². The van der Waals surface area contributed by atoms with Crippen LogP contribution in [-0.2, 0) is 0 Å². The Kier molecular flexibility index (Phi) is 5.38. The van der Waals surface area contributed by atoms with E-state index in [4.69, 9.17) is 28.2 Å². The molecule has 25 heavy (non-hydrogen) atoms. The van der Waals surface area contributed by atoms with Gasteiger partial charge in [-0.15, -0.1) is 0 Å². The third-order valence-electron chi connectivity index (χ3n) is 4.01. The summed E-state index contributed by atoms with van der Waals surface area (Å²) in [6.07, 6.45) is 0. The number of nitrogens with zero attached hydrogens (tertiary/aromatic N) is 1. The van der Waals surface area contributed by atoms with Crippen LogP contribution >= 0.6 is 35.0 Å². The molecule has 0 saturated heterocycles. The normalized spacial score (nSPS) is 11.1. The lowest BCUT2D eigenvalue weighted by atomic mass is 10.0. The van der Waals surface area contributed by atoms with E-state index in [1.807, 2.05) is 6.07 Å². The summed E-state index contributed by atoms with van der Waals surface area (Å²) in [6, 6.07) is 11.2. The zero-order valence-corrected chi connectivity index (χ0v) is 16.5. The van der Waals surface area contributed by atoms with Gasteiger partial charge in [-0.1, -0.05) is 46.6 Å². The molecule has 3 aromatic rings. The summed E-state index contributed by atoms with van der Waals surface area (Å²) in [5.41, 5.74) is 5.01. The predicted molar refractivity (Wildman–Crippen MR) is 107 cm³/mol. The van der Waals surface area contributed by atoms with Gasteiger partial charge >= 0.3 is 0 Å². The first-order chi connectivity index (χ1) is 11.8. The van der Waals surface area contributed by atoms with Crippen LogP contribution in [0, 0.1) is 20.8 Å². The molecule has 0 radical (unpaired) electrons. The topological polar surface area (TPSA) is 30.0 Å². The number of aryl methyl sites for hydroxylation is 3. The smallest absolute Gasteiger partial charge is 0.174 e. The largest absolute Gasteiger partial charge is 0.293 e. The molecule has 2 aromatic carbocycles. The minimum absolute atomic E-state index is 0.0353. The van der Waals surface area contributed by atoms with Crippen molar-refractivity contribution in [2.45, 2.75) is 25.8 Å². The van der Waals surface area contributed by atoms with Crippen LogP contribution in [0.25, 0.3) is 10.9 Å². The summed E-state index contributed by atoms with van der Waals surface area (Å²) < 4.78 is 0. The Morgan fingerprint density at radius 1 is 1.04 bits per heavy atom. The zero-order chi connectivity index (χ0) is 18.1. The molecule has 0 amide bonds. The molecule has 0 N–H and O–H groups in total. The summed E-state index contributed by atoms with van der Waals surface area (Å²) in [7, 11) is 0. The van der Waals surface area contributed by atoms with Crippen molar-refractivity contribution in [2.24, 2.45) is 0 Å². The lowest BCUT2D eigenvalue weighted by Gasteiger charge is -2.10. The number of fused-ring (bicyclic) bond motifs is 1. The molecular formula is C20H17Cl2NOS. The fourth-order valence-corrected chi connectivity index (χ4v) is 4.19. The van der Waals surface area contributed by atoms with Crippen molar-refractivity contribution >= 4 is 51.6 Å². The van der Waals surface area contributed by atoms with Crippen LogP contribution in [0.3, 0.4) is 0 Å². The summed E-state index contributed by atoms with van der Waals surface area (Å²) in [6.45, 7) is 6.22. The minimum Gasteiger partial charge on any atom is -0.293 e. The van der Waals surface area contributed by atoms with Gasteiger partial charge in [0.2, 0.25) is 0 Å². The highest BCUT2D eigenvalue weighted by Gasteiger charge is 2.13. The van der Waals surface area contributed by atoms with Crippen molar-refractivity contribution in [3.8, 4) is 0 Å². The molecule has 128 valence electrons. The standard InChI is InChI=1S/C20H17Cl2NOS/c1-11-6-13(3)20-16(7-11)12(2)8-19(23-20)25-10-18(24)15-5-4-14(21)9-17(15)22/h4-9H,10H2,1-3H3. The SMILES string of the molecule is Cc1cc(C)c2nc(SCC(=O)c3ccc(Cl)cc3Cl)cc(C)c2c1. The van der Waals surface area contributed by atoms with Gasteiger partial charge in [-0.25, -0.2) is 4.98 Å². The van der Waals surface area contributed by atoms with Gasteiger partial charge in [0.15, 0.2) is 5.78 Å². The molecule has 0 aliphatic carbocycles. The fourth-order valence-electron chi connectivity index (χ4n) is 2.82. The number of carbonyl (C=O) groups excluding carboxylic acids is 1. The number of aromatic nitrogens is 1. The van der Waals surface area contributed by atoms with Crippen LogP contribution in [0.1, 0.15) is 27.0 Å². The monoisotopic (exact) mass is 389 g/mol. The molecule has 1 aromatic heterocycles. The van der Waals surface area contributed by atoms with Crippen molar-refractivity contribution in [1.82, 2.24) is 4.98 Å². The van der Waals surface area contributed by atoms with Crippen LogP contribution in [0.5, 0.6) is 0 Å². The number of pyridine rings is 1. The molecule has 0 fully saturated rings. The van der Waals surface area contributed by atoms with Crippen LogP contribution in [0.2, 0.25) is 10.0 Å². The minimum atomic E-state index is -0.0353. The summed E-state index contributed by atoms with van der Waals surface area (Å²) in [5, 5.41) is 2.91. The Balaban J connectivity index is 1.85. The second kappa shape index (κ2) is 7.36. The first-order valence-electron chi connectivity index (χ1n) is 7.85. The molecule has 0 bridgehead atoms. The van der Waals surface area contributed by atoms with E-state index in [1.54, 1.807) is 18.2 Å². The number of Topliss-reactive ketones (excluding diaryl/α,β-unsaturated/α-hetero) is 1. The van der Waals surface area contributed by atoms with E-state index in [2.05, 4.69) is 32.9 Å². The van der Waals surface area contributed by atoms with E-state index in [0.29, 0.717) is 15.6 Å². The van der Waals surface area contributed by atoms with Crippen molar-refractivity contribution in [1.29, 1.82) is 0 Å². The van der Waals surface area contributed by atoms with Gasteiger partial charge in [0.25, 0.3) is 0 Å². The first kappa shape index (κ1) is 18.2. The third-order valence-corrected chi connectivity index (χ3v) is 5.47. The van der Waals surface area contributed by atoms with E-state index in [-0.39, 0.29) is 11.5 Å². The van der Waals surface area contributed by atoms with E-state index < -0.39 is 0 Å². The molecular weight excluding hydrogens is 373 g/mol. The van der Waals surface area contributed by atoms with Crippen molar-refractivity contribution < 1.29 is 4.79 Å². The highest BCUT2D eigenvalue weighted by atomic mass is 35.5. The van der Waals surface area contributed by atoms with Gasteiger partial charge in [0.1, 0.15) is 0 Å². The Bertz CT molecular complexity index is 985. The number of thioether (sulfide) groups is 1. The van der Waals surface area contributed by atoms with Gasteiger partial charge < -0.3 is 0 Å². The lowest BCUT2D eigenvalue weighted by molar-refractivity contribution is 0.102. The van der Waals surface area contributed by atoms with Crippen molar-refractivity contribution in [3.05, 3.63) is 68.7 Å². The number of ketones is 1. The molecule has 2 nitrogen and oxygen atoms in total. The molecule has 1 heterocycles. The predicted octanol–water partition coefficient (Wildman–Crippen LogP) is 6.44. The molecule has 0 aliphatic rings. The van der Waals surface area contributed by atoms with Crippen LogP contribution in [0.4, 0.5) is 0 Å². The fraction of sp³-hybridized carbons (Fsp3) is 0.200. The summed E-state index contributed by atoms with van der Waals surface area (Å²) in [4.78, 5) is 17.2. The molecule has 3 rings (SSSR count). The Morgan fingerprint density at radius 3 is 2.52 bits per heavy atom. The van der Waals surface area contributed by atoms with Crippen LogP contribution < -0.4 is 0 Å². The maximum atomic E-state index is 12.4.